The summed E-state index contributed by atoms with van der Waals surface area (Å²) in [7, 11) is 2.86. The van der Waals surface area contributed by atoms with Gasteiger partial charge in [0.15, 0.2) is 0 Å². The SMILES string of the molecule is COCC(C)OC(=O)c1cc(S(=O)(=O)Cl)cc(Br)c1C. The van der Waals surface area contributed by atoms with Crippen molar-refractivity contribution in [3.05, 3.63) is 27.7 Å². The van der Waals surface area contributed by atoms with Gasteiger partial charge < -0.3 is 9.47 Å². The highest BCUT2D eigenvalue weighted by atomic mass is 79.9. The summed E-state index contributed by atoms with van der Waals surface area (Å²) in [4.78, 5) is 11.9. The molecule has 5 nitrogen and oxygen atoms in total. The Hall–Kier alpha value is -0.630. The van der Waals surface area contributed by atoms with Crippen LogP contribution in [0.2, 0.25) is 0 Å². The Labute approximate surface area is 130 Å². The maximum absolute atomic E-state index is 12.0. The van der Waals surface area contributed by atoms with Crippen molar-refractivity contribution in [1.29, 1.82) is 0 Å². The second-order valence-corrected chi connectivity index (χ2v) is 7.61. The van der Waals surface area contributed by atoms with Crippen LogP contribution in [-0.2, 0) is 18.5 Å². The van der Waals surface area contributed by atoms with Gasteiger partial charge in [0.25, 0.3) is 9.05 Å². The highest BCUT2D eigenvalue weighted by molar-refractivity contribution is 9.10. The normalized spacial score (nSPS) is 13.1. The molecule has 20 heavy (non-hydrogen) atoms. The van der Waals surface area contributed by atoms with Gasteiger partial charge in [-0.2, -0.15) is 0 Å². The number of benzene rings is 1. The van der Waals surface area contributed by atoms with E-state index in [2.05, 4.69) is 15.9 Å². The predicted octanol–water partition coefficient (Wildman–Crippen LogP) is 2.88. The van der Waals surface area contributed by atoms with E-state index in [4.69, 9.17) is 20.2 Å². The molecule has 0 amide bonds. The first-order chi connectivity index (χ1) is 9.16. The molecule has 0 aliphatic carbocycles. The van der Waals surface area contributed by atoms with E-state index in [9.17, 15) is 13.2 Å². The van der Waals surface area contributed by atoms with Crippen molar-refractivity contribution < 1.29 is 22.7 Å². The van der Waals surface area contributed by atoms with Crippen molar-refractivity contribution in [2.45, 2.75) is 24.8 Å². The maximum Gasteiger partial charge on any atom is 0.338 e. The van der Waals surface area contributed by atoms with Crippen LogP contribution in [0.3, 0.4) is 0 Å². The molecular weight excluding hydrogens is 372 g/mol. The van der Waals surface area contributed by atoms with E-state index in [1.807, 2.05) is 0 Å². The molecule has 8 heteroatoms. The van der Waals surface area contributed by atoms with Crippen LogP contribution >= 0.6 is 26.6 Å². The molecule has 1 aromatic carbocycles. The fourth-order valence-corrected chi connectivity index (χ4v) is 2.92. The molecule has 112 valence electrons. The first kappa shape index (κ1) is 17.4. The van der Waals surface area contributed by atoms with Crippen LogP contribution in [-0.4, -0.2) is 34.2 Å². The van der Waals surface area contributed by atoms with E-state index in [1.165, 1.54) is 19.2 Å². The van der Waals surface area contributed by atoms with Gasteiger partial charge >= 0.3 is 5.97 Å². The number of hydrogen-bond donors (Lipinski definition) is 0. The summed E-state index contributed by atoms with van der Waals surface area (Å²) in [6, 6.07) is 2.54. The van der Waals surface area contributed by atoms with Crippen molar-refractivity contribution in [2.24, 2.45) is 0 Å². The third-order valence-electron chi connectivity index (χ3n) is 2.53. The lowest BCUT2D eigenvalue weighted by Crippen LogP contribution is -2.20. The van der Waals surface area contributed by atoms with Gasteiger partial charge in [-0.1, -0.05) is 15.9 Å². The second kappa shape index (κ2) is 6.89. The summed E-state index contributed by atoms with van der Waals surface area (Å²) in [6.45, 7) is 3.60. The van der Waals surface area contributed by atoms with Gasteiger partial charge in [-0.05, 0) is 31.5 Å². The number of esters is 1. The Morgan fingerprint density at radius 2 is 2.05 bits per heavy atom. The lowest BCUT2D eigenvalue weighted by atomic mass is 10.1. The van der Waals surface area contributed by atoms with Gasteiger partial charge in [0.05, 0.1) is 17.1 Å². The van der Waals surface area contributed by atoms with Crippen molar-refractivity contribution >= 4 is 41.6 Å². The number of hydrogen-bond acceptors (Lipinski definition) is 5. The molecule has 1 unspecified atom stereocenters. The zero-order valence-electron chi connectivity index (χ0n) is 11.1. The first-order valence-corrected chi connectivity index (χ1v) is 8.71. The summed E-state index contributed by atoms with van der Waals surface area (Å²) in [6.07, 6.45) is -0.443. The largest absolute Gasteiger partial charge is 0.457 e. The molecule has 0 spiro atoms. The third-order valence-corrected chi connectivity index (χ3v) is 4.69. The summed E-state index contributed by atoms with van der Waals surface area (Å²) in [5.41, 5.74) is 0.713. The molecule has 1 aromatic rings. The van der Waals surface area contributed by atoms with E-state index in [1.54, 1.807) is 13.8 Å². The fourth-order valence-electron chi connectivity index (χ4n) is 1.52. The molecule has 0 bridgehead atoms. The predicted molar refractivity (Wildman–Crippen MR) is 78.7 cm³/mol. The fraction of sp³-hybridized carbons (Fsp3) is 0.417. The topological polar surface area (TPSA) is 69.7 Å². The number of methoxy groups -OCH3 is 1. The highest BCUT2D eigenvalue weighted by Gasteiger charge is 2.20. The lowest BCUT2D eigenvalue weighted by molar-refractivity contribution is 0.0119. The number of carbonyl (C=O) groups excluding carboxylic acids is 1. The summed E-state index contributed by atoms with van der Waals surface area (Å²) < 4.78 is 33.2. The average molecular weight is 386 g/mol. The van der Waals surface area contributed by atoms with Gasteiger partial charge in [-0.3, -0.25) is 0 Å². The quantitative estimate of drug-likeness (QED) is 0.576. The van der Waals surface area contributed by atoms with Crippen LogP contribution in [0.1, 0.15) is 22.8 Å². The van der Waals surface area contributed by atoms with Crippen molar-refractivity contribution in [2.75, 3.05) is 13.7 Å². The van der Waals surface area contributed by atoms with Crippen LogP contribution in [0.4, 0.5) is 0 Å². The molecule has 0 heterocycles. The summed E-state index contributed by atoms with van der Waals surface area (Å²) in [5, 5.41) is 0. The van der Waals surface area contributed by atoms with Crippen LogP contribution < -0.4 is 0 Å². The number of rotatable bonds is 5. The van der Waals surface area contributed by atoms with Crippen molar-refractivity contribution in [1.82, 2.24) is 0 Å². The number of ether oxygens (including phenoxy) is 2. The van der Waals surface area contributed by atoms with Gasteiger partial charge in [-0.25, -0.2) is 13.2 Å². The van der Waals surface area contributed by atoms with Crippen LogP contribution in [0.5, 0.6) is 0 Å². The Balaban J connectivity index is 3.17. The van der Waals surface area contributed by atoms with Gasteiger partial charge in [-0.15, -0.1) is 0 Å². The summed E-state index contributed by atoms with van der Waals surface area (Å²) >= 11 is 3.20. The molecule has 0 fully saturated rings. The molecule has 1 atom stereocenters. The highest BCUT2D eigenvalue weighted by Crippen LogP contribution is 2.27. The molecule has 0 aromatic heterocycles. The van der Waals surface area contributed by atoms with Crippen LogP contribution in [0.25, 0.3) is 0 Å². The molecule has 0 N–H and O–H groups in total. The lowest BCUT2D eigenvalue weighted by Gasteiger charge is -2.14. The minimum Gasteiger partial charge on any atom is -0.457 e. The Morgan fingerprint density at radius 1 is 1.45 bits per heavy atom. The van der Waals surface area contributed by atoms with Crippen molar-refractivity contribution in [3.63, 3.8) is 0 Å². The zero-order valence-corrected chi connectivity index (χ0v) is 14.3. The number of carbonyl (C=O) groups is 1. The Bertz CT molecular complexity index is 615. The molecule has 0 saturated carbocycles. The smallest absolute Gasteiger partial charge is 0.338 e. The minimum absolute atomic E-state index is 0.140. The van der Waals surface area contributed by atoms with E-state index >= 15 is 0 Å². The monoisotopic (exact) mass is 384 g/mol. The Kier molecular flexibility index (Phi) is 6.00. The molecular formula is C12H14BrClO5S. The molecule has 0 aliphatic rings. The maximum atomic E-state index is 12.0. The van der Waals surface area contributed by atoms with Gasteiger partial charge in [0, 0.05) is 22.3 Å². The van der Waals surface area contributed by atoms with E-state index < -0.39 is 21.1 Å². The zero-order chi connectivity index (χ0) is 15.5. The van der Waals surface area contributed by atoms with Gasteiger partial charge in [0.1, 0.15) is 6.10 Å². The van der Waals surface area contributed by atoms with Crippen LogP contribution in [0, 0.1) is 6.92 Å². The van der Waals surface area contributed by atoms with E-state index in [-0.39, 0.29) is 17.1 Å². The third kappa shape index (κ3) is 4.44. The Morgan fingerprint density at radius 3 is 2.55 bits per heavy atom. The summed E-state index contributed by atoms with van der Waals surface area (Å²) in [5.74, 6) is -0.630. The molecule has 0 aliphatic heterocycles. The first-order valence-electron chi connectivity index (χ1n) is 5.61. The average Bonchev–Trinajstić information content (AvgIpc) is 2.31. The van der Waals surface area contributed by atoms with E-state index in [0.717, 1.165) is 0 Å². The molecule has 0 radical (unpaired) electrons. The molecule has 1 rings (SSSR count). The number of halogens is 2. The standard InChI is InChI=1S/C12H14BrClO5S/c1-7(6-18-3)19-12(15)10-4-9(20(14,16)17)5-11(13)8(10)2/h4-5,7H,6H2,1-3H3. The van der Waals surface area contributed by atoms with Gasteiger partial charge in [0.2, 0.25) is 0 Å². The minimum atomic E-state index is -3.93. The van der Waals surface area contributed by atoms with E-state index in [0.29, 0.717) is 10.0 Å². The van der Waals surface area contributed by atoms with Crippen molar-refractivity contribution in [3.8, 4) is 0 Å². The van der Waals surface area contributed by atoms with Crippen LogP contribution in [0.15, 0.2) is 21.5 Å². The molecule has 0 saturated heterocycles. The second-order valence-electron chi connectivity index (χ2n) is 4.19.